The van der Waals surface area contributed by atoms with E-state index in [9.17, 15) is 9.59 Å². The van der Waals surface area contributed by atoms with E-state index >= 15 is 0 Å². The molecule has 1 aromatic carbocycles. The highest BCUT2D eigenvalue weighted by Gasteiger charge is 2.24. The number of rotatable bonds is 6. The van der Waals surface area contributed by atoms with Gasteiger partial charge in [-0.3, -0.25) is 14.3 Å². The van der Waals surface area contributed by atoms with Gasteiger partial charge in [0.2, 0.25) is 5.91 Å². The van der Waals surface area contributed by atoms with Gasteiger partial charge < -0.3 is 10.6 Å². The molecule has 126 valence electrons. The maximum Gasteiger partial charge on any atom is 0.255 e. The summed E-state index contributed by atoms with van der Waals surface area (Å²) in [7, 11) is 0. The molecule has 0 aliphatic heterocycles. The molecule has 1 aromatic heterocycles. The van der Waals surface area contributed by atoms with E-state index in [0.29, 0.717) is 23.8 Å². The van der Waals surface area contributed by atoms with Crippen LogP contribution in [-0.2, 0) is 11.3 Å². The summed E-state index contributed by atoms with van der Waals surface area (Å²) in [4.78, 5) is 24.1. The van der Waals surface area contributed by atoms with Crippen molar-refractivity contribution in [2.24, 2.45) is 0 Å². The number of aryl methyl sites for hydroxylation is 1. The molecule has 1 fully saturated rings. The summed E-state index contributed by atoms with van der Waals surface area (Å²) in [5.74, 6) is -0.395. The van der Waals surface area contributed by atoms with Gasteiger partial charge in [0.05, 0.1) is 24.3 Å². The van der Waals surface area contributed by atoms with E-state index in [1.54, 1.807) is 0 Å². The molecule has 2 N–H and O–H groups in total. The van der Waals surface area contributed by atoms with Gasteiger partial charge in [-0.15, -0.1) is 0 Å². The van der Waals surface area contributed by atoms with Crippen molar-refractivity contribution in [1.29, 1.82) is 0 Å². The van der Waals surface area contributed by atoms with Crippen LogP contribution in [0.1, 0.15) is 40.2 Å². The molecule has 0 spiro atoms. The monoisotopic (exact) mass is 326 g/mol. The van der Waals surface area contributed by atoms with Crippen LogP contribution < -0.4 is 10.6 Å². The molecule has 24 heavy (non-hydrogen) atoms. The minimum absolute atomic E-state index is 0.00191. The smallest absolute Gasteiger partial charge is 0.255 e. The molecule has 0 bridgehead atoms. The van der Waals surface area contributed by atoms with Crippen molar-refractivity contribution in [2.75, 3.05) is 6.54 Å². The van der Waals surface area contributed by atoms with Crippen molar-refractivity contribution in [2.45, 2.75) is 39.3 Å². The van der Waals surface area contributed by atoms with Gasteiger partial charge >= 0.3 is 0 Å². The largest absolute Gasteiger partial charge is 0.352 e. The van der Waals surface area contributed by atoms with Crippen molar-refractivity contribution in [3.05, 3.63) is 52.8 Å². The normalized spacial score (nSPS) is 13.6. The molecule has 2 aromatic rings. The van der Waals surface area contributed by atoms with Crippen LogP contribution in [0, 0.1) is 13.8 Å². The van der Waals surface area contributed by atoms with Gasteiger partial charge in [0.15, 0.2) is 0 Å². The molecule has 0 radical (unpaired) electrons. The molecule has 6 nitrogen and oxygen atoms in total. The second-order valence-electron chi connectivity index (χ2n) is 6.21. The Morgan fingerprint density at radius 3 is 2.58 bits per heavy atom. The van der Waals surface area contributed by atoms with Gasteiger partial charge in [-0.2, -0.15) is 5.10 Å². The summed E-state index contributed by atoms with van der Waals surface area (Å²) in [6, 6.07) is 10.3. The molecule has 1 aliphatic carbocycles. The molecule has 2 amide bonds. The predicted octanol–water partition coefficient (Wildman–Crippen LogP) is 1.56. The molecule has 0 saturated heterocycles. The number of nitrogens with one attached hydrogen (secondary N) is 2. The van der Waals surface area contributed by atoms with E-state index in [2.05, 4.69) is 15.7 Å². The first kappa shape index (κ1) is 16.2. The third-order valence-electron chi connectivity index (χ3n) is 4.14. The van der Waals surface area contributed by atoms with Crippen LogP contribution in [0.25, 0.3) is 0 Å². The maximum atomic E-state index is 12.4. The Bertz CT molecular complexity index is 748. The van der Waals surface area contributed by atoms with Crippen molar-refractivity contribution in [3.63, 3.8) is 0 Å². The molecule has 1 heterocycles. The molecule has 1 saturated carbocycles. The lowest BCUT2D eigenvalue weighted by Gasteiger charge is -2.07. The Kier molecular flexibility index (Phi) is 4.64. The summed E-state index contributed by atoms with van der Waals surface area (Å²) < 4.78 is 1.82. The summed E-state index contributed by atoms with van der Waals surface area (Å²) in [6.45, 7) is 4.30. The zero-order valence-electron chi connectivity index (χ0n) is 14.0. The van der Waals surface area contributed by atoms with Gasteiger partial charge in [-0.05, 0) is 32.3 Å². The molecule has 0 atom stereocenters. The fourth-order valence-corrected chi connectivity index (χ4v) is 2.69. The zero-order valence-corrected chi connectivity index (χ0v) is 14.0. The van der Waals surface area contributed by atoms with E-state index in [0.717, 1.165) is 24.1 Å². The Labute approximate surface area is 141 Å². The second kappa shape index (κ2) is 6.86. The number of amides is 2. The first-order valence-electron chi connectivity index (χ1n) is 8.20. The third-order valence-corrected chi connectivity index (χ3v) is 4.14. The number of hydrogen-bond acceptors (Lipinski definition) is 3. The summed E-state index contributed by atoms with van der Waals surface area (Å²) in [5, 5.41) is 10.0. The van der Waals surface area contributed by atoms with Crippen LogP contribution in [0.3, 0.4) is 0 Å². The third kappa shape index (κ3) is 3.82. The fraction of sp³-hybridized carbons (Fsp3) is 0.389. The van der Waals surface area contributed by atoms with Gasteiger partial charge in [-0.25, -0.2) is 0 Å². The van der Waals surface area contributed by atoms with Gasteiger partial charge in [0.25, 0.3) is 5.91 Å². The number of carbonyl (C=O) groups excluding carboxylic acids is 2. The van der Waals surface area contributed by atoms with Crippen LogP contribution in [0.5, 0.6) is 0 Å². The number of hydrogen-bond donors (Lipinski definition) is 2. The van der Waals surface area contributed by atoms with E-state index in [1.807, 2.05) is 48.9 Å². The Balaban J connectivity index is 1.66. The average molecular weight is 326 g/mol. The van der Waals surface area contributed by atoms with E-state index in [4.69, 9.17) is 0 Å². The minimum Gasteiger partial charge on any atom is -0.352 e. The van der Waals surface area contributed by atoms with Gasteiger partial charge in [0.1, 0.15) is 0 Å². The zero-order chi connectivity index (χ0) is 17.1. The SMILES string of the molecule is Cc1nn(Cc2ccccc2)c(C)c1C(=O)NCC(=O)NC1CC1. The highest BCUT2D eigenvalue weighted by Crippen LogP contribution is 2.18. The van der Waals surface area contributed by atoms with Crippen molar-refractivity contribution in [3.8, 4) is 0 Å². The maximum absolute atomic E-state index is 12.4. The van der Waals surface area contributed by atoms with Crippen molar-refractivity contribution >= 4 is 11.8 Å². The van der Waals surface area contributed by atoms with E-state index in [-0.39, 0.29) is 18.4 Å². The number of carbonyl (C=O) groups is 2. The highest BCUT2D eigenvalue weighted by atomic mass is 16.2. The highest BCUT2D eigenvalue weighted by molar-refractivity contribution is 5.98. The van der Waals surface area contributed by atoms with Crippen LogP contribution >= 0.6 is 0 Å². The topological polar surface area (TPSA) is 76.0 Å². The average Bonchev–Trinajstić information content (AvgIpc) is 3.32. The Morgan fingerprint density at radius 1 is 1.21 bits per heavy atom. The number of benzene rings is 1. The summed E-state index contributed by atoms with van der Waals surface area (Å²) in [5.41, 5.74) is 3.14. The summed E-state index contributed by atoms with van der Waals surface area (Å²) in [6.07, 6.45) is 2.06. The molecule has 0 unspecified atom stereocenters. The second-order valence-corrected chi connectivity index (χ2v) is 6.21. The molecule has 1 aliphatic rings. The quantitative estimate of drug-likeness (QED) is 0.846. The minimum atomic E-state index is -0.254. The van der Waals surface area contributed by atoms with Crippen LogP contribution in [0.2, 0.25) is 0 Å². The first-order valence-corrected chi connectivity index (χ1v) is 8.20. The lowest BCUT2D eigenvalue weighted by molar-refractivity contribution is -0.120. The van der Waals surface area contributed by atoms with Crippen LogP contribution in [0.15, 0.2) is 30.3 Å². The van der Waals surface area contributed by atoms with Crippen molar-refractivity contribution in [1.82, 2.24) is 20.4 Å². The van der Waals surface area contributed by atoms with Crippen molar-refractivity contribution < 1.29 is 9.59 Å². The number of aromatic nitrogens is 2. The standard InChI is InChI=1S/C18H22N4O2/c1-12-17(18(24)19-10-16(23)20-15-8-9-15)13(2)22(21-12)11-14-6-4-3-5-7-14/h3-7,15H,8-11H2,1-2H3,(H,19,24)(H,20,23). The molecular weight excluding hydrogens is 304 g/mol. The first-order chi connectivity index (χ1) is 11.5. The predicted molar refractivity (Wildman–Crippen MR) is 90.7 cm³/mol. The van der Waals surface area contributed by atoms with Gasteiger partial charge in [0, 0.05) is 11.7 Å². The van der Waals surface area contributed by atoms with Gasteiger partial charge in [-0.1, -0.05) is 30.3 Å². The van der Waals surface area contributed by atoms with Crippen LogP contribution in [-0.4, -0.2) is 34.2 Å². The Hall–Kier alpha value is -2.63. The molecule has 6 heteroatoms. The van der Waals surface area contributed by atoms with E-state index in [1.165, 1.54) is 0 Å². The Morgan fingerprint density at radius 2 is 1.92 bits per heavy atom. The number of nitrogens with zero attached hydrogens (tertiary/aromatic N) is 2. The lowest BCUT2D eigenvalue weighted by Crippen LogP contribution is -2.38. The van der Waals surface area contributed by atoms with E-state index < -0.39 is 0 Å². The molecule has 3 rings (SSSR count). The van der Waals surface area contributed by atoms with Crippen LogP contribution in [0.4, 0.5) is 0 Å². The lowest BCUT2D eigenvalue weighted by atomic mass is 10.1. The summed E-state index contributed by atoms with van der Waals surface area (Å²) >= 11 is 0. The molecular formula is C18H22N4O2. The fourth-order valence-electron chi connectivity index (χ4n) is 2.69.